The lowest BCUT2D eigenvalue weighted by molar-refractivity contribution is 0.215. The summed E-state index contributed by atoms with van der Waals surface area (Å²) >= 11 is 0. The highest BCUT2D eigenvalue weighted by Gasteiger charge is 2.17. The molecule has 2 atom stereocenters. The average molecular weight is 267 g/mol. The van der Waals surface area contributed by atoms with E-state index in [1.807, 2.05) is 0 Å². The van der Waals surface area contributed by atoms with Crippen LogP contribution in [0.1, 0.15) is 70.6 Å². The SMILES string of the molecule is FC1CCCCCC(CCC/C=C/N2CCCC2)C1. The molecule has 1 saturated heterocycles. The fourth-order valence-electron chi connectivity index (χ4n) is 3.47. The van der Waals surface area contributed by atoms with Crippen LogP contribution in [0, 0.1) is 5.92 Å². The minimum atomic E-state index is -0.523. The molecule has 0 bridgehead atoms. The Morgan fingerprint density at radius 3 is 2.63 bits per heavy atom. The highest BCUT2D eigenvalue weighted by Crippen LogP contribution is 2.28. The predicted molar refractivity (Wildman–Crippen MR) is 79.9 cm³/mol. The van der Waals surface area contributed by atoms with Gasteiger partial charge in [-0.05, 0) is 50.6 Å². The van der Waals surface area contributed by atoms with Crippen molar-refractivity contribution >= 4 is 0 Å². The summed E-state index contributed by atoms with van der Waals surface area (Å²) in [5.41, 5.74) is 0. The van der Waals surface area contributed by atoms with E-state index in [-0.39, 0.29) is 0 Å². The van der Waals surface area contributed by atoms with E-state index in [0.717, 1.165) is 19.3 Å². The molecule has 0 spiro atoms. The number of hydrogen-bond donors (Lipinski definition) is 0. The molecule has 1 heterocycles. The fourth-order valence-corrected chi connectivity index (χ4v) is 3.47. The van der Waals surface area contributed by atoms with Gasteiger partial charge in [0.05, 0.1) is 0 Å². The van der Waals surface area contributed by atoms with Gasteiger partial charge in [0, 0.05) is 13.1 Å². The van der Waals surface area contributed by atoms with Crippen LogP contribution in [0.2, 0.25) is 0 Å². The van der Waals surface area contributed by atoms with Crippen LogP contribution in [-0.2, 0) is 0 Å². The van der Waals surface area contributed by atoms with Crippen molar-refractivity contribution in [3.63, 3.8) is 0 Å². The zero-order valence-electron chi connectivity index (χ0n) is 12.3. The zero-order valence-corrected chi connectivity index (χ0v) is 12.3. The molecule has 2 rings (SSSR count). The van der Waals surface area contributed by atoms with Gasteiger partial charge in [0.2, 0.25) is 0 Å². The summed E-state index contributed by atoms with van der Waals surface area (Å²) in [6, 6.07) is 0. The van der Waals surface area contributed by atoms with Crippen LogP contribution >= 0.6 is 0 Å². The maximum atomic E-state index is 13.6. The zero-order chi connectivity index (χ0) is 13.3. The summed E-state index contributed by atoms with van der Waals surface area (Å²) in [6.07, 6.45) is 17.0. The first-order chi connectivity index (χ1) is 9.34. The van der Waals surface area contributed by atoms with Crippen LogP contribution in [0.5, 0.6) is 0 Å². The van der Waals surface area contributed by atoms with Crippen LogP contribution in [0.25, 0.3) is 0 Å². The molecular weight excluding hydrogens is 237 g/mol. The van der Waals surface area contributed by atoms with E-state index in [1.54, 1.807) is 0 Å². The maximum Gasteiger partial charge on any atom is 0.100 e. The molecule has 0 aromatic rings. The van der Waals surface area contributed by atoms with Crippen LogP contribution in [-0.4, -0.2) is 24.2 Å². The van der Waals surface area contributed by atoms with Crippen molar-refractivity contribution in [2.45, 2.75) is 76.8 Å². The summed E-state index contributed by atoms with van der Waals surface area (Å²) in [5.74, 6) is 0.649. The van der Waals surface area contributed by atoms with Crippen molar-refractivity contribution in [2.75, 3.05) is 13.1 Å². The molecule has 110 valence electrons. The van der Waals surface area contributed by atoms with Gasteiger partial charge in [-0.15, -0.1) is 0 Å². The number of nitrogens with zero attached hydrogens (tertiary/aromatic N) is 1. The second kappa shape index (κ2) is 8.60. The number of likely N-dealkylation sites (tertiary alicyclic amines) is 1. The smallest absolute Gasteiger partial charge is 0.100 e. The molecule has 1 nitrogen and oxygen atoms in total. The molecule has 2 aliphatic rings. The van der Waals surface area contributed by atoms with Crippen molar-refractivity contribution < 1.29 is 4.39 Å². The predicted octanol–water partition coefficient (Wildman–Crippen LogP) is 5.07. The van der Waals surface area contributed by atoms with E-state index in [0.29, 0.717) is 5.92 Å². The van der Waals surface area contributed by atoms with E-state index in [9.17, 15) is 4.39 Å². The molecule has 1 saturated carbocycles. The third kappa shape index (κ3) is 5.97. The molecule has 0 aromatic heterocycles. The average Bonchev–Trinajstić information content (AvgIpc) is 2.87. The van der Waals surface area contributed by atoms with E-state index in [4.69, 9.17) is 0 Å². The Balaban J connectivity index is 1.58. The first-order valence-corrected chi connectivity index (χ1v) is 8.39. The van der Waals surface area contributed by atoms with Gasteiger partial charge >= 0.3 is 0 Å². The largest absolute Gasteiger partial charge is 0.378 e. The topological polar surface area (TPSA) is 3.24 Å². The molecule has 2 unspecified atom stereocenters. The number of halogens is 1. The van der Waals surface area contributed by atoms with Gasteiger partial charge in [-0.1, -0.05) is 38.2 Å². The van der Waals surface area contributed by atoms with Crippen LogP contribution < -0.4 is 0 Å². The van der Waals surface area contributed by atoms with E-state index in [1.165, 1.54) is 64.5 Å². The number of alkyl halides is 1. The van der Waals surface area contributed by atoms with Crippen LogP contribution in [0.3, 0.4) is 0 Å². The Hall–Kier alpha value is -0.530. The van der Waals surface area contributed by atoms with Gasteiger partial charge < -0.3 is 4.90 Å². The molecule has 2 fully saturated rings. The van der Waals surface area contributed by atoms with Crippen molar-refractivity contribution in [1.82, 2.24) is 4.90 Å². The van der Waals surface area contributed by atoms with Gasteiger partial charge in [-0.25, -0.2) is 4.39 Å². The molecule has 0 aromatic carbocycles. The number of unbranched alkanes of at least 4 members (excludes halogenated alkanes) is 1. The molecule has 19 heavy (non-hydrogen) atoms. The third-order valence-corrected chi connectivity index (χ3v) is 4.66. The van der Waals surface area contributed by atoms with E-state index < -0.39 is 6.17 Å². The first kappa shape index (κ1) is 14.9. The lowest BCUT2D eigenvalue weighted by Gasteiger charge is -2.21. The summed E-state index contributed by atoms with van der Waals surface area (Å²) in [4.78, 5) is 2.42. The lowest BCUT2D eigenvalue weighted by atomic mass is 9.87. The van der Waals surface area contributed by atoms with Crippen molar-refractivity contribution in [1.29, 1.82) is 0 Å². The van der Waals surface area contributed by atoms with E-state index in [2.05, 4.69) is 17.2 Å². The highest BCUT2D eigenvalue weighted by atomic mass is 19.1. The summed E-state index contributed by atoms with van der Waals surface area (Å²) in [6.45, 7) is 2.48. The summed E-state index contributed by atoms with van der Waals surface area (Å²) < 4.78 is 13.6. The van der Waals surface area contributed by atoms with Gasteiger partial charge in [0.15, 0.2) is 0 Å². The van der Waals surface area contributed by atoms with Crippen LogP contribution in [0.15, 0.2) is 12.3 Å². The van der Waals surface area contributed by atoms with Crippen molar-refractivity contribution in [3.05, 3.63) is 12.3 Å². The minimum absolute atomic E-state index is 0.523. The Labute approximate surface area is 118 Å². The van der Waals surface area contributed by atoms with E-state index >= 15 is 0 Å². The molecule has 0 radical (unpaired) electrons. The van der Waals surface area contributed by atoms with Gasteiger partial charge in [-0.3, -0.25) is 0 Å². The van der Waals surface area contributed by atoms with Gasteiger partial charge in [-0.2, -0.15) is 0 Å². The number of rotatable bonds is 5. The second-order valence-corrected chi connectivity index (χ2v) is 6.40. The van der Waals surface area contributed by atoms with Gasteiger partial charge in [0.1, 0.15) is 6.17 Å². The molecular formula is C17H30FN. The Bertz CT molecular complexity index is 258. The second-order valence-electron chi connectivity index (χ2n) is 6.40. The van der Waals surface area contributed by atoms with Crippen LogP contribution in [0.4, 0.5) is 4.39 Å². The molecule has 1 aliphatic heterocycles. The number of hydrogen-bond acceptors (Lipinski definition) is 1. The Kier molecular flexibility index (Phi) is 6.73. The third-order valence-electron chi connectivity index (χ3n) is 4.66. The molecule has 0 amide bonds. The standard InChI is InChI=1S/C17H30FN/c18-17-11-5-1-3-9-16(15-17)10-4-2-6-12-19-13-7-8-14-19/h6,12,16-17H,1-5,7-11,13-15H2/b12-6+. The first-order valence-electron chi connectivity index (χ1n) is 8.39. The minimum Gasteiger partial charge on any atom is -0.378 e. The lowest BCUT2D eigenvalue weighted by Crippen LogP contribution is -2.13. The quantitative estimate of drug-likeness (QED) is 0.628. The maximum absolute atomic E-state index is 13.6. The fraction of sp³-hybridized carbons (Fsp3) is 0.882. The molecule has 0 N–H and O–H groups in total. The highest BCUT2D eigenvalue weighted by molar-refractivity contribution is 4.85. The number of allylic oxidation sites excluding steroid dienone is 1. The van der Waals surface area contributed by atoms with Crippen molar-refractivity contribution in [3.8, 4) is 0 Å². The molecule has 2 heteroatoms. The van der Waals surface area contributed by atoms with Gasteiger partial charge in [0.25, 0.3) is 0 Å². The monoisotopic (exact) mass is 267 g/mol. The summed E-state index contributed by atoms with van der Waals surface area (Å²) in [5, 5.41) is 0. The normalized spacial score (nSPS) is 29.6. The molecule has 1 aliphatic carbocycles. The van der Waals surface area contributed by atoms with Crippen molar-refractivity contribution in [2.24, 2.45) is 5.92 Å². The summed E-state index contributed by atoms with van der Waals surface area (Å²) in [7, 11) is 0. The Morgan fingerprint density at radius 2 is 1.79 bits per heavy atom. The Morgan fingerprint density at radius 1 is 1.00 bits per heavy atom.